The molecule has 2 rings (SSSR count). The molecule has 1 saturated heterocycles. The number of piperidine rings is 1. The van der Waals surface area contributed by atoms with Gasteiger partial charge in [0.25, 0.3) is 0 Å². The van der Waals surface area contributed by atoms with E-state index in [-0.39, 0.29) is 0 Å². The van der Waals surface area contributed by atoms with Crippen molar-refractivity contribution >= 4 is 5.69 Å². The number of alkyl halides is 1. The van der Waals surface area contributed by atoms with Crippen molar-refractivity contribution in [2.24, 2.45) is 0 Å². The van der Waals surface area contributed by atoms with Gasteiger partial charge >= 0.3 is 0 Å². The minimum atomic E-state index is -0.648. The molecule has 0 saturated carbocycles. The predicted molar refractivity (Wildman–Crippen MR) is 57.5 cm³/mol. The second-order valence-corrected chi connectivity index (χ2v) is 4.02. The lowest BCUT2D eigenvalue weighted by Gasteiger charge is -2.30. The van der Waals surface area contributed by atoms with Crippen molar-refractivity contribution in [3.63, 3.8) is 0 Å². The van der Waals surface area contributed by atoms with E-state index in [4.69, 9.17) is 0 Å². The Kier molecular flexibility index (Phi) is 2.71. The molecule has 0 aromatic heterocycles. The Bertz CT molecular complexity index is 294. The van der Waals surface area contributed by atoms with Crippen LogP contribution >= 0.6 is 0 Å². The standard InChI is InChI=1S/C12H16FN/c1-10-4-6-12(7-5-10)14-8-2-3-11(13)9-14/h4-7,11H,2-3,8-9H2,1H3. The van der Waals surface area contributed by atoms with Gasteiger partial charge < -0.3 is 4.90 Å². The van der Waals surface area contributed by atoms with Crippen LogP contribution in [0.25, 0.3) is 0 Å². The molecule has 0 amide bonds. The topological polar surface area (TPSA) is 3.24 Å². The molecule has 1 fully saturated rings. The zero-order valence-corrected chi connectivity index (χ0v) is 8.54. The van der Waals surface area contributed by atoms with E-state index < -0.39 is 6.17 Å². The molecule has 0 aliphatic carbocycles. The van der Waals surface area contributed by atoms with E-state index >= 15 is 0 Å². The van der Waals surface area contributed by atoms with Crippen molar-refractivity contribution in [1.82, 2.24) is 0 Å². The van der Waals surface area contributed by atoms with Crippen LogP contribution in [-0.2, 0) is 0 Å². The number of aryl methyl sites for hydroxylation is 1. The number of nitrogens with zero attached hydrogens (tertiary/aromatic N) is 1. The minimum Gasteiger partial charge on any atom is -0.369 e. The lowest BCUT2D eigenvalue weighted by Crippen LogP contribution is -2.36. The van der Waals surface area contributed by atoms with Crippen molar-refractivity contribution < 1.29 is 4.39 Å². The largest absolute Gasteiger partial charge is 0.369 e. The Labute approximate surface area is 84.5 Å². The van der Waals surface area contributed by atoms with Gasteiger partial charge in [-0.2, -0.15) is 0 Å². The second-order valence-electron chi connectivity index (χ2n) is 4.02. The summed E-state index contributed by atoms with van der Waals surface area (Å²) in [6, 6.07) is 8.31. The Morgan fingerprint density at radius 1 is 1.29 bits per heavy atom. The van der Waals surface area contributed by atoms with Gasteiger partial charge in [0, 0.05) is 18.8 Å². The lowest BCUT2D eigenvalue weighted by molar-refractivity contribution is 0.287. The molecule has 1 aliphatic heterocycles. The third-order valence-corrected chi connectivity index (χ3v) is 2.76. The molecule has 0 bridgehead atoms. The highest BCUT2D eigenvalue weighted by Gasteiger charge is 2.18. The highest BCUT2D eigenvalue weighted by molar-refractivity contribution is 5.47. The van der Waals surface area contributed by atoms with Gasteiger partial charge in [-0.25, -0.2) is 4.39 Å². The summed E-state index contributed by atoms with van der Waals surface area (Å²) in [7, 11) is 0. The zero-order chi connectivity index (χ0) is 9.97. The summed E-state index contributed by atoms with van der Waals surface area (Å²) in [5, 5.41) is 0. The highest BCUT2D eigenvalue weighted by atomic mass is 19.1. The van der Waals surface area contributed by atoms with Crippen LogP contribution in [0.3, 0.4) is 0 Å². The Morgan fingerprint density at radius 2 is 2.00 bits per heavy atom. The summed E-state index contributed by atoms with van der Waals surface area (Å²) in [4.78, 5) is 2.13. The van der Waals surface area contributed by atoms with Gasteiger partial charge in [-0.05, 0) is 31.9 Å². The molecule has 76 valence electrons. The highest BCUT2D eigenvalue weighted by Crippen LogP contribution is 2.21. The van der Waals surface area contributed by atoms with Gasteiger partial charge in [-0.3, -0.25) is 0 Å². The van der Waals surface area contributed by atoms with Crippen LogP contribution in [0.4, 0.5) is 10.1 Å². The summed E-state index contributed by atoms with van der Waals surface area (Å²) in [5.41, 5.74) is 2.40. The van der Waals surface area contributed by atoms with Gasteiger partial charge in [0.2, 0.25) is 0 Å². The van der Waals surface area contributed by atoms with E-state index in [9.17, 15) is 4.39 Å². The van der Waals surface area contributed by atoms with Crippen molar-refractivity contribution in [3.8, 4) is 0 Å². The maximum atomic E-state index is 13.2. The quantitative estimate of drug-likeness (QED) is 0.663. The van der Waals surface area contributed by atoms with Gasteiger partial charge in [0.05, 0.1) is 0 Å². The van der Waals surface area contributed by atoms with Crippen LogP contribution in [0.15, 0.2) is 24.3 Å². The van der Waals surface area contributed by atoms with Gasteiger partial charge in [0.15, 0.2) is 0 Å². The summed E-state index contributed by atoms with van der Waals surface area (Å²) >= 11 is 0. The fraction of sp³-hybridized carbons (Fsp3) is 0.500. The minimum absolute atomic E-state index is 0.559. The number of anilines is 1. The van der Waals surface area contributed by atoms with E-state index in [1.54, 1.807) is 0 Å². The normalized spacial score (nSPS) is 22.4. The molecular formula is C12H16FN. The van der Waals surface area contributed by atoms with Crippen LogP contribution in [0, 0.1) is 6.92 Å². The first-order valence-corrected chi connectivity index (χ1v) is 5.21. The first-order chi connectivity index (χ1) is 6.75. The molecule has 1 heterocycles. The molecule has 0 N–H and O–H groups in total. The van der Waals surface area contributed by atoms with E-state index in [1.165, 1.54) is 5.56 Å². The lowest BCUT2D eigenvalue weighted by atomic mass is 10.1. The number of halogens is 1. The summed E-state index contributed by atoms with van der Waals surface area (Å²) < 4.78 is 13.2. The van der Waals surface area contributed by atoms with Crippen LogP contribution in [-0.4, -0.2) is 19.3 Å². The van der Waals surface area contributed by atoms with Crippen LogP contribution in [0.1, 0.15) is 18.4 Å². The monoisotopic (exact) mass is 193 g/mol. The first-order valence-electron chi connectivity index (χ1n) is 5.21. The molecular weight excluding hydrogens is 177 g/mol. The molecule has 2 heteroatoms. The third-order valence-electron chi connectivity index (χ3n) is 2.76. The average molecular weight is 193 g/mol. The zero-order valence-electron chi connectivity index (χ0n) is 8.54. The Morgan fingerprint density at radius 3 is 2.64 bits per heavy atom. The summed E-state index contributed by atoms with van der Waals surface area (Å²) in [5.74, 6) is 0. The number of rotatable bonds is 1. The Balaban J connectivity index is 2.10. The van der Waals surface area contributed by atoms with Crippen LogP contribution in [0.5, 0.6) is 0 Å². The summed E-state index contributed by atoms with van der Waals surface area (Å²) in [6.07, 6.45) is 1.04. The third kappa shape index (κ3) is 2.06. The van der Waals surface area contributed by atoms with Gasteiger partial charge in [-0.15, -0.1) is 0 Å². The predicted octanol–water partition coefficient (Wildman–Crippen LogP) is 2.93. The maximum absolute atomic E-state index is 13.2. The number of hydrogen-bond acceptors (Lipinski definition) is 1. The van der Waals surface area contributed by atoms with Gasteiger partial charge in [-0.1, -0.05) is 17.7 Å². The maximum Gasteiger partial charge on any atom is 0.118 e. The second kappa shape index (κ2) is 3.99. The van der Waals surface area contributed by atoms with Crippen molar-refractivity contribution in [1.29, 1.82) is 0 Å². The molecule has 0 radical (unpaired) electrons. The Hall–Kier alpha value is -1.05. The fourth-order valence-corrected chi connectivity index (χ4v) is 1.92. The summed E-state index contributed by atoms with van der Waals surface area (Å²) in [6.45, 7) is 3.62. The fourth-order valence-electron chi connectivity index (χ4n) is 1.92. The molecule has 1 unspecified atom stereocenters. The van der Waals surface area contributed by atoms with Crippen molar-refractivity contribution in [2.45, 2.75) is 25.9 Å². The van der Waals surface area contributed by atoms with Gasteiger partial charge in [0.1, 0.15) is 6.17 Å². The van der Waals surface area contributed by atoms with Crippen molar-refractivity contribution in [3.05, 3.63) is 29.8 Å². The molecule has 1 nitrogen and oxygen atoms in total. The molecule has 0 spiro atoms. The van der Waals surface area contributed by atoms with E-state index in [1.807, 2.05) is 0 Å². The SMILES string of the molecule is Cc1ccc(N2CCCC(F)C2)cc1. The smallest absolute Gasteiger partial charge is 0.118 e. The first kappa shape index (κ1) is 9.50. The molecule has 1 aromatic rings. The molecule has 1 aliphatic rings. The van der Waals surface area contributed by atoms with Crippen molar-refractivity contribution in [2.75, 3.05) is 18.0 Å². The average Bonchev–Trinajstić information content (AvgIpc) is 2.19. The number of benzene rings is 1. The van der Waals surface area contributed by atoms with E-state index in [0.29, 0.717) is 6.54 Å². The van der Waals surface area contributed by atoms with Crippen LogP contribution < -0.4 is 4.90 Å². The number of hydrogen-bond donors (Lipinski definition) is 0. The van der Waals surface area contributed by atoms with E-state index in [0.717, 1.165) is 25.1 Å². The molecule has 1 aromatic carbocycles. The van der Waals surface area contributed by atoms with E-state index in [2.05, 4.69) is 36.1 Å². The van der Waals surface area contributed by atoms with Crippen LogP contribution in [0.2, 0.25) is 0 Å². The molecule has 1 atom stereocenters. The molecule has 14 heavy (non-hydrogen) atoms.